The first kappa shape index (κ1) is 19.9. The minimum atomic E-state index is -3.62. The van der Waals surface area contributed by atoms with Gasteiger partial charge in [-0.25, -0.2) is 21.9 Å². The van der Waals surface area contributed by atoms with Crippen LogP contribution in [0.5, 0.6) is 0 Å². The average molecular weight is 394 g/mol. The Morgan fingerprint density at radius 1 is 1.00 bits per heavy atom. The standard InChI is InChI=1S/C20H24F2N2O2S/c1-23-13-14-2-7-17(8-3-14)24-27(25,26)18-9-4-15(5-10-18)19-11-6-16(21)12-20(19)22/h4-6,9-12,14,17,23-24H,2-3,7-8,13H2,1H3. The second kappa shape index (κ2) is 8.46. The van der Waals surface area contributed by atoms with Crippen molar-refractivity contribution in [2.75, 3.05) is 13.6 Å². The highest BCUT2D eigenvalue weighted by Gasteiger charge is 2.25. The summed E-state index contributed by atoms with van der Waals surface area (Å²) in [4.78, 5) is 0.145. The van der Waals surface area contributed by atoms with E-state index in [1.54, 1.807) is 0 Å². The highest BCUT2D eigenvalue weighted by atomic mass is 32.2. The van der Waals surface area contributed by atoms with Crippen molar-refractivity contribution >= 4 is 10.0 Å². The van der Waals surface area contributed by atoms with Gasteiger partial charge < -0.3 is 5.32 Å². The zero-order chi connectivity index (χ0) is 19.4. The van der Waals surface area contributed by atoms with Gasteiger partial charge in [-0.2, -0.15) is 0 Å². The molecule has 2 N–H and O–H groups in total. The Kier molecular flexibility index (Phi) is 6.24. The molecule has 0 atom stereocenters. The van der Waals surface area contributed by atoms with Crippen LogP contribution in [0.3, 0.4) is 0 Å². The zero-order valence-corrected chi connectivity index (χ0v) is 16.0. The molecule has 0 aliphatic heterocycles. The predicted octanol–water partition coefficient (Wildman–Crippen LogP) is 3.69. The van der Waals surface area contributed by atoms with Crippen molar-refractivity contribution in [2.24, 2.45) is 5.92 Å². The molecule has 0 aromatic heterocycles. The Morgan fingerprint density at radius 3 is 2.26 bits per heavy atom. The molecule has 0 radical (unpaired) electrons. The van der Waals surface area contributed by atoms with E-state index in [1.807, 2.05) is 7.05 Å². The molecule has 0 bridgehead atoms. The van der Waals surface area contributed by atoms with Crippen LogP contribution < -0.4 is 10.0 Å². The summed E-state index contributed by atoms with van der Waals surface area (Å²) in [6, 6.07) is 9.25. The average Bonchev–Trinajstić information content (AvgIpc) is 2.63. The van der Waals surface area contributed by atoms with Crippen LogP contribution in [0.4, 0.5) is 8.78 Å². The number of hydrogen-bond donors (Lipinski definition) is 2. The van der Waals surface area contributed by atoms with Crippen LogP contribution in [0.2, 0.25) is 0 Å². The van der Waals surface area contributed by atoms with E-state index in [0.29, 0.717) is 11.5 Å². The van der Waals surface area contributed by atoms with Crippen LogP contribution in [0, 0.1) is 17.6 Å². The molecular weight excluding hydrogens is 370 g/mol. The summed E-state index contributed by atoms with van der Waals surface area (Å²) in [5.74, 6) is -0.730. The van der Waals surface area contributed by atoms with Crippen molar-refractivity contribution in [2.45, 2.75) is 36.6 Å². The quantitative estimate of drug-likeness (QED) is 0.786. The number of rotatable bonds is 6. The lowest BCUT2D eigenvalue weighted by Crippen LogP contribution is -2.38. The molecule has 1 aliphatic carbocycles. The van der Waals surface area contributed by atoms with Crippen LogP contribution in [0.25, 0.3) is 11.1 Å². The van der Waals surface area contributed by atoms with Crippen molar-refractivity contribution < 1.29 is 17.2 Å². The fourth-order valence-electron chi connectivity index (χ4n) is 3.60. The van der Waals surface area contributed by atoms with E-state index >= 15 is 0 Å². The van der Waals surface area contributed by atoms with Crippen molar-refractivity contribution in [1.82, 2.24) is 10.0 Å². The van der Waals surface area contributed by atoms with Crippen molar-refractivity contribution in [1.29, 1.82) is 0 Å². The molecule has 1 aliphatic rings. The fourth-order valence-corrected chi connectivity index (χ4v) is 4.90. The first-order valence-electron chi connectivity index (χ1n) is 9.11. The minimum absolute atomic E-state index is 0.0580. The summed E-state index contributed by atoms with van der Waals surface area (Å²) in [6.07, 6.45) is 3.64. The zero-order valence-electron chi connectivity index (χ0n) is 15.2. The number of halogens is 2. The van der Waals surface area contributed by atoms with Gasteiger partial charge in [0.1, 0.15) is 11.6 Å². The van der Waals surface area contributed by atoms with Gasteiger partial charge in [0.15, 0.2) is 0 Å². The first-order chi connectivity index (χ1) is 12.9. The van der Waals surface area contributed by atoms with Gasteiger partial charge >= 0.3 is 0 Å². The van der Waals surface area contributed by atoms with Gasteiger partial charge in [0, 0.05) is 17.7 Å². The van der Waals surface area contributed by atoms with Gasteiger partial charge in [-0.1, -0.05) is 12.1 Å². The van der Waals surface area contributed by atoms with E-state index in [-0.39, 0.29) is 16.5 Å². The summed E-state index contributed by atoms with van der Waals surface area (Å²) in [5.41, 5.74) is 0.732. The maximum Gasteiger partial charge on any atom is 0.240 e. The van der Waals surface area contributed by atoms with Crippen LogP contribution in [-0.4, -0.2) is 28.1 Å². The van der Waals surface area contributed by atoms with Gasteiger partial charge in [-0.05, 0) is 75.0 Å². The molecule has 27 heavy (non-hydrogen) atoms. The minimum Gasteiger partial charge on any atom is -0.319 e. The highest BCUT2D eigenvalue weighted by molar-refractivity contribution is 7.89. The molecule has 146 valence electrons. The Morgan fingerprint density at radius 2 is 1.67 bits per heavy atom. The number of sulfonamides is 1. The summed E-state index contributed by atoms with van der Waals surface area (Å²) in [6.45, 7) is 0.959. The molecule has 4 nitrogen and oxygen atoms in total. The highest BCUT2D eigenvalue weighted by Crippen LogP contribution is 2.27. The first-order valence-corrected chi connectivity index (χ1v) is 10.6. The summed E-state index contributed by atoms with van der Waals surface area (Å²) in [5, 5.41) is 3.17. The number of hydrogen-bond acceptors (Lipinski definition) is 3. The largest absolute Gasteiger partial charge is 0.319 e. The van der Waals surface area contributed by atoms with Crippen molar-refractivity contribution in [3.05, 3.63) is 54.1 Å². The van der Waals surface area contributed by atoms with Gasteiger partial charge in [-0.3, -0.25) is 0 Å². The molecule has 0 saturated heterocycles. The van der Waals surface area contributed by atoms with Crippen molar-refractivity contribution in [3.63, 3.8) is 0 Å². The molecule has 1 fully saturated rings. The van der Waals surface area contributed by atoms with E-state index in [0.717, 1.165) is 38.3 Å². The maximum absolute atomic E-state index is 13.9. The van der Waals surface area contributed by atoms with E-state index in [2.05, 4.69) is 10.0 Å². The van der Waals surface area contributed by atoms with E-state index in [9.17, 15) is 17.2 Å². The van der Waals surface area contributed by atoms with Crippen LogP contribution in [0.15, 0.2) is 47.4 Å². The number of nitrogens with one attached hydrogen (secondary N) is 2. The van der Waals surface area contributed by atoms with E-state index < -0.39 is 21.7 Å². The van der Waals surface area contributed by atoms with Gasteiger partial charge in [0.05, 0.1) is 4.90 Å². The molecule has 2 aromatic carbocycles. The van der Waals surface area contributed by atoms with Gasteiger partial charge in [0.2, 0.25) is 10.0 Å². The molecule has 3 rings (SSSR count). The summed E-state index contributed by atoms with van der Waals surface area (Å²) < 4.78 is 55.0. The van der Waals surface area contributed by atoms with Crippen LogP contribution >= 0.6 is 0 Å². The smallest absolute Gasteiger partial charge is 0.240 e. The SMILES string of the molecule is CNCC1CCC(NS(=O)(=O)c2ccc(-c3ccc(F)cc3F)cc2)CC1. The third kappa shape index (κ3) is 4.91. The van der Waals surface area contributed by atoms with Crippen LogP contribution in [0.1, 0.15) is 25.7 Å². The van der Waals surface area contributed by atoms with Crippen LogP contribution in [-0.2, 0) is 10.0 Å². The Labute approximate surface area is 159 Å². The van der Waals surface area contributed by atoms with Crippen molar-refractivity contribution in [3.8, 4) is 11.1 Å². The summed E-state index contributed by atoms with van der Waals surface area (Å²) in [7, 11) is -1.70. The second-order valence-corrected chi connectivity index (χ2v) is 8.76. The molecule has 0 amide bonds. The monoisotopic (exact) mass is 394 g/mol. The normalized spacial score (nSPS) is 20.6. The molecule has 2 aromatic rings. The molecule has 1 saturated carbocycles. The predicted molar refractivity (Wildman–Crippen MR) is 102 cm³/mol. The molecule has 0 unspecified atom stereocenters. The van der Waals surface area contributed by atoms with Gasteiger partial charge in [0.25, 0.3) is 0 Å². The second-order valence-electron chi connectivity index (χ2n) is 7.05. The maximum atomic E-state index is 13.9. The molecule has 7 heteroatoms. The molecule has 0 spiro atoms. The number of benzene rings is 2. The fraction of sp³-hybridized carbons (Fsp3) is 0.400. The molecule has 0 heterocycles. The lowest BCUT2D eigenvalue weighted by Gasteiger charge is -2.28. The third-order valence-corrected chi connectivity index (χ3v) is 6.60. The third-order valence-electron chi connectivity index (χ3n) is 5.07. The lowest BCUT2D eigenvalue weighted by molar-refractivity contribution is 0.308. The molecular formula is C20H24F2N2O2S. The topological polar surface area (TPSA) is 58.2 Å². The summed E-state index contributed by atoms with van der Waals surface area (Å²) >= 11 is 0. The van der Waals surface area contributed by atoms with E-state index in [1.165, 1.54) is 36.4 Å². The van der Waals surface area contributed by atoms with E-state index in [4.69, 9.17) is 0 Å². The lowest BCUT2D eigenvalue weighted by atomic mass is 9.86. The Bertz CT molecular complexity index is 877. The van der Waals surface area contributed by atoms with Gasteiger partial charge in [-0.15, -0.1) is 0 Å². The Hall–Kier alpha value is -1.83. The Balaban J connectivity index is 1.69.